The van der Waals surface area contributed by atoms with Crippen molar-refractivity contribution in [2.75, 3.05) is 58.5 Å². The molecule has 4 aliphatic rings. The lowest BCUT2D eigenvalue weighted by atomic mass is 9.79. The monoisotopic (exact) mass is 2000 g/mol. The Hall–Kier alpha value is -16.2. The summed E-state index contributed by atoms with van der Waals surface area (Å²) in [5, 5.41) is 5.65. The highest BCUT2D eigenvalue weighted by molar-refractivity contribution is 6.63. The van der Waals surface area contributed by atoms with Crippen molar-refractivity contribution in [1.29, 1.82) is 0 Å². The number of amides is 6. The van der Waals surface area contributed by atoms with Crippen LogP contribution < -0.4 is 29.7 Å². The van der Waals surface area contributed by atoms with E-state index in [0.717, 1.165) is 71.5 Å². The molecule has 0 spiro atoms. The fourth-order valence-corrected chi connectivity index (χ4v) is 15.4. The molecule has 27 nitrogen and oxygen atoms in total. The van der Waals surface area contributed by atoms with Crippen LogP contribution in [0.25, 0.3) is 0 Å². The smallest absolute Gasteiger partial charge is 0.417 e. The van der Waals surface area contributed by atoms with Crippen molar-refractivity contribution >= 4 is 100.0 Å². The molecule has 4 aliphatic heterocycles. The predicted octanol–water partition coefficient (Wildman–Crippen LogP) is 23.6. The highest BCUT2D eigenvalue weighted by Gasteiger charge is 2.49. The molecule has 4 heterocycles. The fraction of sp³-hybridized carbons (Fsp3) is 0.263. The van der Waals surface area contributed by atoms with E-state index in [0.29, 0.717) is 68.4 Å². The van der Waals surface area contributed by atoms with Gasteiger partial charge in [-0.3, -0.25) is 43.3 Å². The third-order valence-corrected chi connectivity index (χ3v) is 22.9. The summed E-state index contributed by atoms with van der Waals surface area (Å²) in [4.78, 5) is 139. The van der Waals surface area contributed by atoms with Crippen molar-refractivity contribution in [2.24, 2.45) is 16.8 Å². The summed E-state index contributed by atoms with van der Waals surface area (Å²) in [6.07, 6.45) is 2.15. The van der Waals surface area contributed by atoms with Crippen molar-refractivity contribution < 1.29 is 113 Å². The molecule has 16 rings (SSSR count). The molecule has 31 heteroatoms. The normalized spacial score (nSPS) is 15.3. The Labute approximate surface area is 847 Å². The zero-order chi connectivity index (χ0) is 101. The number of rotatable bonds is 35. The lowest BCUT2D eigenvalue weighted by Crippen LogP contribution is -2.55. The first kappa shape index (κ1) is 114. The van der Waals surface area contributed by atoms with Crippen LogP contribution in [0.3, 0.4) is 0 Å². The summed E-state index contributed by atoms with van der Waals surface area (Å²) < 4.78 is 91.1. The molecule has 760 valence electrons. The number of ether oxygens (including phenoxy) is 10. The summed E-state index contributed by atoms with van der Waals surface area (Å²) in [5.74, 6) is -2.57. The van der Waals surface area contributed by atoms with Crippen LogP contribution >= 0.6 is 11.6 Å². The molecule has 7 atom stereocenters. The number of methoxy groups -OCH3 is 4. The standard InChI is InChI=1S/C35H33FN2O6.C26H24FNO4.C20H16FNO.C15H17NO5.C9H9NO2.C6H9ClO3.3CH4/c1-42-32(39)21-20-30(34(40)38-31(23-44-35(38)41)25-10-6-3-7-11-25)33(37-28-16-14-27(36)15-17-28)26-12-18-29(19-13-26)43-22-24-8-4-2-5-9-24;1-31-24(29)16-15-23-25(28(26(23)30)21-11-9-20(27)10-12-21)19-7-13-22(14-8-19)32-17-18-5-3-2-4-6-18;21-18-8-10-19(11-9-18)22-14-16-6-12-20(13-7-16)23-15-17-4-2-1-3-5-17;1-20-14(18)9-5-8-13(17)16-12(10-21-15(16)19)11-6-3-2-4-7-11;11-9-10-8(6-12-9)7-4-2-1-3-5-7;1-10-6(9)4-2-3-5(7)8;;;/h2-19,30-31,33,37H,20-23H2,1H3;2-14,23,25H,15-17H2,1H3;1-14H,15H2;2-4,6-7,12H,5,8-10H2,1H3;1-5,8H,6H2,(H,10,11);2-4H2,1H3;3*1H4/t30?,31-,33?;23-,25-;;12-;8-;;;;/m01.11..../s1. The summed E-state index contributed by atoms with van der Waals surface area (Å²) in [6.45, 7) is 2.00. The quantitative estimate of drug-likeness (QED) is 0.0122. The number of carbonyl (C=O) groups excluding carboxylic acids is 11. The minimum atomic E-state index is -0.910. The van der Waals surface area contributed by atoms with Crippen LogP contribution in [0.4, 0.5) is 44.6 Å². The van der Waals surface area contributed by atoms with Gasteiger partial charge in [0.05, 0.1) is 64.1 Å². The van der Waals surface area contributed by atoms with E-state index in [4.69, 9.17) is 49.5 Å². The lowest BCUT2D eigenvalue weighted by Gasteiger charge is -2.47. The Morgan fingerprint density at radius 3 is 1.28 bits per heavy atom. The Morgan fingerprint density at radius 1 is 0.434 bits per heavy atom. The summed E-state index contributed by atoms with van der Waals surface area (Å²) in [6, 6.07) is 96.2. The number of hydrogen-bond donors (Lipinski definition) is 2. The molecule has 12 aromatic carbocycles. The van der Waals surface area contributed by atoms with Crippen LogP contribution in [-0.2, 0) is 91.3 Å². The molecule has 0 aromatic heterocycles. The van der Waals surface area contributed by atoms with Gasteiger partial charge in [-0.05, 0) is 209 Å². The number of carbonyl (C=O) groups is 11. The van der Waals surface area contributed by atoms with E-state index in [-0.39, 0.29) is 146 Å². The van der Waals surface area contributed by atoms with Gasteiger partial charge >= 0.3 is 42.2 Å². The van der Waals surface area contributed by atoms with Gasteiger partial charge in [0.2, 0.25) is 23.0 Å². The average Bonchev–Trinajstić information content (AvgIpc) is 1.73. The second-order valence-corrected chi connectivity index (χ2v) is 32.8. The third kappa shape index (κ3) is 36.0. The third-order valence-electron chi connectivity index (χ3n) is 22.7. The number of nitrogens with one attached hydrogen (secondary N) is 2. The number of halogens is 4. The van der Waals surface area contributed by atoms with Crippen LogP contribution in [0.2, 0.25) is 0 Å². The number of benzene rings is 12. The molecule has 0 bridgehead atoms. The van der Waals surface area contributed by atoms with Crippen LogP contribution in [0.15, 0.2) is 333 Å². The van der Waals surface area contributed by atoms with Gasteiger partial charge in [-0.2, -0.15) is 0 Å². The lowest BCUT2D eigenvalue weighted by molar-refractivity contribution is -0.143. The molecule has 0 saturated carbocycles. The van der Waals surface area contributed by atoms with E-state index in [2.05, 4.69) is 25.1 Å². The SMILES string of the molecule is C.C.C.COC(=O)CCC(C(=O)N1C(=O)OC[C@H]1c1ccccc1)C(Nc1ccc(F)cc1)c1ccc(OCc2ccccc2)cc1.COC(=O)CCCC(=O)Cl.COC(=O)CCCC(=O)N1C(=O)OC[C@@H]1c1ccccc1.COC(=O)CC[C@H]1C(=O)N(c2ccc(F)cc2)[C@@H]1c1ccc(OCc2ccccc2)cc1.Fc1ccc(N=Cc2ccc(OCc3ccccc3)cc2)cc1.O=C1N[C@@H](c2ccccc2)CO1. The van der Waals surface area contributed by atoms with Gasteiger partial charge in [-0.1, -0.05) is 229 Å². The molecule has 0 aliphatic carbocycles. The number of aliphatic imine (C=N–C) groups is 1. The highest BCUT2D eigenvalue weighted by atomic mass is 35.5. The number of alkyl carbamates (subject to hydrolysis) is 1. The molecule has 0 radical (unpaired) electrons. The first-order chi connectivity index (χ1) is 68.9. The van der Waals surface area contributed by atoms with E-state index in [1.165, 1.54) is 64.8 Å². The zero-order valence-electron chi connectivity index (χ0n) is 78.5. The number of β-lactam (4-membered cyclic amide) rings is 1. The summed E-state index contributed by atoms with van der Waals surface area (Å²) >= 11 is 5.01. The van der Waals surface area contributed by atoms with Gasteiger partial charge in [0.1, 0.15) is 86.4 Å². The molecular formula is C114H120ClF3N6O21. The van der Waals surface area contributed by atoms with Gasteiger partial charge < -0.3 is 62.9 Å². The molecule has 6 amide bonds. The van der Waals surface area contributed by atoms with Gasteiger partial charge in [0, 0.05) is 56.1 Å². The first-order valence-electron chi connectivity index (χ1n) is 45.7. The molecule has 12 aromatic rings. The van der Waals surface area contributed by atoms with Crippen LogP contribution in [0, 0.1) is 29.3 Å². The van der Waals surface area contributed by atoms with E-state index in [1.54, 1.807) is 59.6 Å². The molecule has 2 N–H and O–H groups in total. The minimum Gasteiger partial charge on any atom is -0.489 e. The number of imide groups is 2. The van der Waals surface area contributed by atoms with Crippen molar-refractivity contribution in [3.8, 4) is 17.2 Å². The predicted molar refractivity (Wildman–Crippen MR) is 545 cm³/mol. The van der Waals surface area contributed by atoms with Gasteiger partial charge in [0.15, 0.2) is 0 Å². The zero-order valence-corrected chi connectivity index (χ0v) is 79.2. The maximum Gasteiger partial charge on any atom is 0.417 e. The second kappa shape index (κ2) is 60.1. The van der Waals surface area contributed by atoms with E-state index in [9.17, 15) is 65.9 Å². The Balaban J connectivity index is 0.000000225. The second-order valence-electron chi connectivity index (χ2n) is 32.4. The summed E-state index contributed by atoms with van der Waals surface area (Å²) in [7, 11) is 5.23. The molecule has 2 unspecified atom stereocenters. The first-order valence-corrected chi connectivity index (χ1v) is 46.1. The van der Waals surface area contributed by atoms with E-state index >= 15 is 0 Å². The number of hydrogen-bond acceptors (Lipinski definition) is 23. The van der Waals surface area contributed by atoms with Crippen LogP contribution in [0.5, 0.6) is 17.2 Å². The van der Waals surface area contributed by atoms with Crippen LogP contribution in [-0.4, -0.2) is 129 Å². The van der Waals surface area contributed by atoms with Crippen molar-refractivity contribution in [3.63, 3.8) is 0 Å². The maximum atomic E-state index is 14.4. The number of nitrogens with zero attached hydrogens (tertiary/aromatic N) is 4. The number of esters is 4. The van der Waals surface area contributed by atoms with Crippen molar-refractivity contribution in [3.05, 3.63) is 395 Å². The van der Waals surface area contributed by atoms with E-state index in [1.807, 2.05) is 243 Å². The minimum absolute atomic E-state index is 0. The molecule has 4 fully saturated rings. The van der Waals surface area contributed by atoms with Gasteiger partial charge in [0.25, 0.3) is 0 Å². The topological polar surface area (TPSA) is 326 Å². The Kier molecular flexibility index (Phi) is 47.3. The fourth-order valence-electron chi connectivity index (χ4n) is 15.2. The number of cyclic esters (lactones) is 3. The average molecular weight is 2000 g/mol. The van der Waals surface area contributed by atoms with Crippen LogP contribution in [0.1, 0.15) is 167 Å². The van der Waals surface area contributed by atoms with Gasteiger partial charge in [-0.25, -0.2) is 37.4 Å². The van der Waals surface area contributed by atoms with Gasteiger partial charge in [-0.15, -0.1) is 0 Å². The van der Waals surface area contributed by atoms with Crippen molar-refractivity contribution in [2.45, 2.75) is 137 Å². The molecule has 4 saturated heterocycles. The molecule has 145 heavy (non-hydrogen) atoms. The number of anilines is 2. The largest absolute Gasteiger partial charge is 0.489 e. The highest BCUT2D eigenvalue weighted by Crippen LogP contribution is 2.47. The maximum absolute atomic E-state index is 14.4. The molecular weight excluding hydrogens is 1880 g/mol. The summed E-state index contributed by atoms with van der Waals surface area (Å²) in [5.41, 5.74) is 10.4. The van der Waals surface area contributed by atoms with Crippen molar-refractivity contribution in [1.82, 2.24) is 15.1 Å². The van der Waals surface area contributed by atoms with E-state index < -0.39 is 59.2 Å². The Bertz CT molecular complexity index is 6080. The Morgan fingerprint density at radius 2 is 0.834 bits per heavy atom.